The smallest absolute Gasteiger partial charge is 0.137 e. The molecule has 0 unspecified atom stereocenters. The number of pyridine rings is 1. The Hall–Kier alpha value is -2.39. The SMILES string of the molecule is Cc1ccc(-c2nc3ccc(C)cn3c2CCc2cccs2)cc1. The highest BCUT2D eigenvalue weighted by Crippen LogP contribution is 2.27. The minimum Gasteiger partial charge on any atom is -0.303 e. The minimum absolute atomic E-state index is 0.994. The van der Waals surface area contributed by atoms with Crippen LogP contribution in [0.25, 0.3) is 16.9 Å². The van der Waals surface area contributed by atoms with Crippen LogP contribution >= 0.6 is 11.3 Å². The van der Waals surface area contributed by atoms with E-state index in [4.69, 9.17) is 4.98 Å². The standard InChI is InChI=1S/C21H20N2S/c1-15-5-8-17(9-6-15)21-19(11-10-18-4-3-13-24-18)23-14-16(2)7-12-20(23)22-21/h3-9,12-14H,10-11H2,1-2H3. The summed E-state index contributed by atoms with van der Waals surface area (Å²) in [5.74, 6) is 0. The van der Waals surface area contributed by atoms with Crippen molar-refractivity contribution in [1.82, 2.24) is 9.38 Å². The van der Waals surface area contributed by atoms with Gasteiger partial charge in [0.2, 0.25) is 0 Å². The molecular formula is C21H20N2S. The summed E-state index contributed by atoms with van der Waals surface area (Å²) >= 11 is 1.83. The second-order valence-electron chi connectivity index (χ2n) is 6.29. The van der Waals surface area contributed by atoms with E-state index in [1.807, 2.05) is 11.3 Å². The van der Waals surface area contributed by atoms with Gasteiger partial charge in [-0.15, -0.1) is 11.3 Å². The van der Waals surface area contributed by atoms with Crippen molar-refractivity contribution < 1.29 is 0 Å². The Bertz CT molecular complexity index is 963. The van der Waals surface area contributed by atoms with Gasteiger partial charge in [0.1, 0.15) is 5.65 Å². The molecule has 3 aromatic heterocycles. The number of fused-ring (bicyclic) bond motifs is 1. The maximum absolute atomic E-state index is 4.92. The molecule has 0 bridgehead atoms. The zero-order chi connectivity index (χ0) is 16.5. The molecule has 4 rings (SSSR count). The maximum atomic E-state index is 4.92. The predicted molar refractivity (Wildman–Crippen MR) is 102 cm³/mol. The Kier molecular flexibility index (Phi) is 3.95. The molecule has 0 amide bonds. The highest BCUT2D eigenvalue weighted by atomic mass is 32.1. The number of hydrogen-bond donors (Lipinski definition) is 0. The first-order valence-electron chi connectivity index (χ1n) is 8.28. The molecule has 3 heteroatoms. The molecule has 4 aromatic rings. The Balaban J connectivity index is 1.81. The monoisotopic (exact) mass is 332 g/mol. The van der Waals surface area contributed by atoms with E-state index in [0.29, 0.717) is 0 Å². The summed E-state index contributed by atoms with van der Waals surface area (Å²) in [7, 11) is 0. The van der Waals surface area contributed by atoms with Crippen molar-refractivity contribution in [3.8, 4) is 11.3 Å². The van der Waals surface area contributed by atoms with Crippen LogP contribution in [0.2, 0.25) is 0 Å². The Morgan fingerprint density at radius 1 is 0.917 bits per heavy atom. The van der Waals surface area contributed by atoms with Gasteiger partial charge in [-0.25, -0.2) is 4.98 Å². The lowest BCUT2D eigenvalue weighted by atomic mass is 10.1. The van der Waals surface area contributed by atoms with Gasteiger partial charge in [-0.1, -0.05) is 42.0 Å². The van der Waals surface area contributed by atoms with Gasteiger partial charge in [0.15, 0.2) is 0 Å². The van der Waals surface area contributed by atoms with Crippen molar-refractivity contribution in [1.29, 1.82) is 0 Å². The van der Waals surface area contributed by atoms with Crippen LogP contribution in [-0.2, 0) is 12.8 Å². The average molecular weight is 332 g/mol. The first-order valence-corrected chi connectivity index (χ1v) is 9.16. The third-order valence-electron chi connectivity index (χ3n) is 4.38. The van der Waals surface area contributed by atoms with Gasteiger partial charge in [-0.05, 0) is 49.8 Å². The Morgan fingerprint density at radius 3 is 2.46 bits per heavy atom. The van der Waals surface area contributed by atoms with Crippen molar-refractivity contribution in [3.05, 3.63) is 81.8 Å². The highest BCUT2D eigenvalue weighted by molar-refractivity contribution is 7.09. The molecule has 0 aliphatic heterocycles. The largest absolute Gasteiger partial charge is 0.303 e. The van der Waals surface area contributed by atoms with E-state index in [1.54, 1.807) is 0 Å². The number of aryl methyl sites for hydroxylation is 4. The second-order valence-corrected chi connectivity index (χ2v) is 7.32. The van der Waals surface area contributed by atoms with Gasteiger partial charge >= 0.3 is 0 Å². The van der Waals surface area contributed by atoms with Crippen LogP contribution in [-0.4, -0.2) is 9.38 Å². The van der Waals surface area contributed by atoms with E-state index >= 15 is 0 Å². The van der Waals surface area contributed by atoms with E-state index in [-0.39, 0.29) is 0 Å². The fraction of sp³-hybridized carbons (Fsp3) is 0.190. The van der Waals surface area contributed by atoms with Crippen LogP contribution in [0.5, 0.6) is 0 Å². The molecule has 0 aliphatic carbocycles. The predicted octanol–water partition coefficient (Wildman–Crippen LogP) is 5.46. The van der Waals surface area contributed by atoms with Gasteiger partial charge in [-0.3, -0.25) is 0 Å². The van der Waals surface area contributed by atoms with Crippen molar-refractivity contribution in [2.24, 2.45) is 0 Å². The molecule has 1 aromatic carbocycles. The zero-order valence-electron chi connectivity index (χ0n) is 14.0. The van der Waals surface area contributed by atoms with Gasteiger partial charge in [-0.2, -0.15) is 0 Å². The molecule has 0 N–H and O–H groups in total. The van der Waals surface area contributed by atoms with Crippen LogP contribution in [0.4, 0.5) is 0 Å². The molecule has 24 heavy (non-hydrogen) atoms. The van der Waals surface area contributed by atoms with E-state index < -0.39 is 0 Å². The van der Waals surface area contributed by atoms with Gasteiger partial charge in [0.25, 0.3) is 0 Å². The summed E-state index contributed by atoms with van der Waals surface area (Å²) in [6, 6.07) is 17.3. The topological polar surface area (TPSA) is 17.3 Å². The fourth-order valence-electron chi connectivity index (χ4n) is 3.08. The molecule has 0 fully saturated rings. The molecule has 120 valence electrons. The minimum atomic E-state index is 0.994. The van der Waals surface area contributed by atoms with E-state index in [0.717, 1.165) is 24.2 Å². The lowest BCUT2D eigenvalue weighted by molar-refractivity contribution is 0.907. The van der Waals surface area contributed by atoms with Gasteiger partial charge in [0, 0.05) is 16.6 Å². The number of nitrogens with zero attached hydrogens (tertiary/aromatic N) is 2. The summed E-state index contributed by atoms with van der Waals surface area (Å²) in [5.41, 5.74) is 7.16. The quantitative estimate of drug-likeness (QED) is 0.485. The molecule has 0 saturated heterocycles. The number of imidazole rings is 1. The van der Waals surface area contributed by atoms with Crippen molar-refractivity contribution in [2.75, 3.05) is 0 Å². The summed E-state index contributed by atoms with van der Waals surface area (Å²) in [6.45, 7) is 4.25. The second kappa shape index (κ2) is 6.25. The zero-order valence-corrected chi connectivity index (χ0v) is 14.8. The molecule has 0 saturated carbocycles. The normalized spacial score (nSPS) is 11.2. The molecule has 3 heterocycles. The van der Waals surface area contributed by atoms with Crippen molar-refractivity contribution >= 4 is 17.0 Å². The lowest BCUT2D eigenvalue weighted by Gasteiger charge is -2.06. The molecule has 0 atom stereocenters. The molecule has 0 radical (unpaired) electrons. The van der Waals surface area contributed by atoms with E-state index in [2.05, 4.69) is 78.4 Å². The van der Waals surface area contributed by atoms with E-state index in [1.165, 1.54) is 27.3 Å². The number of hydrogen-bond acceptors (Lipinski definition) is 2. The van der Waals surface area contributed by atoms with Crippen LogP contribution in [0.1, 0.15) is 21.7 Å². The van der Waals surface area contributed by atoms with Crippen LogP contribution in [0.3, 0.4) is 0 Å². The molecule has 0 aliphatic rings. The van der Waals surface area contributed by atoms with Gasteiger partial charge < -0.3 is 4.40 Å². The number of benzene rings is 1. The molecule has 0 spiro atoms. The molecule has 2 nitrogen and oxygen atoms in total. The third kappa shape index (κ3) is 2.87. The third-order valence-corrected chi connectivity index (χ3v) is 5.31. The van der Waals surface area contributed by atoms with Crippen LogP contribution < -0.4 is 0 Å². The Labute approximate surface area is 146 Å². The number of thiophene rings is 1. The van der Waals surface area contributed by atoms with Crippen molar-refractivity contribution in [3.63, 3.8) is 0 Å². The average Bonchev–Trinajstić information content (AvgIpc) is 3.21. The van der Waals surface area contributed by atoms with Gasteiger partial charge in [0.05, 0.1) is 11.4 Å². The highest BCUT2D eigenvalue weighted by Gasteiger charge is 2.14. The van der Waals surface area contributed by atoms with Crippen molar-refractivity contribution in [2.45, 2.75) is 26.7 Å². The first kappa shape index (κ1) is 15.2. The lowest BCUT2D eigenvalue weighted by Crippen LogP contribution is -1.98. The number of rotatable bonds is 4. The summed E-state index contributed by atoms with van der Waals surface area (Å²) in [4.78, 5) is 6.34. The number of aromatic nitrogens is 2. The van der Waals surface area contributed by atoms with E-state index in [9.17, 15) is 0 Å². The van der Waals surface area contributed by atoms with Crippen LogP contribution in [0, 0.1) is 13.8 Å². The summed E-state index contributed by atoms with van der Waals surface area (Å²) in [6.07, 6.45) is 4.25. The van der Waals surface area contributed by atoms with Crippen LogP contribution in [0.15, 0.2) is 60.1 Å². The fourth-order valence-corrected chi connectivity index (χ4v) is 3.79. The molecular weight excluding hydrogens is 312 g/mol. The summed E-state index contributed by atoms with van der Waals surface area (Å²) in [5, 5.41) is 2.15. The Morgan fingerprint density at radius 2 is 1.71 bits per heavy atom. The summed E-state index contributed by atoms with van der Waals surface area (Å²) < 4.78 is 2.26. The maximum Gasteiger partial charge on any atom is 0.137 e. The first-order chi connectivity index (χ1) is 11.7.